The summed E-state index contributed by atoms with van der Waals surface area (Å²) in [5.41, 5.74) is 1.58. The molecule has 2 atom stereocenters. The molecule has 0 unspecified atom stereocenters. The molecule has 0 bridgehead atoms. The molecule has 13 heavy (non-hydrogen) atoms. The maximum atomic E-state index is 2.54. The van der Waals surface area contributed by atoms with Gasteiger partial charge in [-0.3, -0.25) is 0 Å². The van der Waals surface area contributed by atoms with Gasteiger partial charge in [0.1, 0.15) is 0 Å². The summed E-state index contributed by atoms with van der Waals surface area (Å²) in [5, 5.41) is 0. The number of hydrogen-bond donors (Lipinski definition) is 0. The summed E-state index contributed by atoms with van der Waals surface area (Å²) in [5.74, 6) is 8.52. The average Bonchev–Trinajstić information content (AvgIpc) is 2.83. The van der Waals surface area contributed by atoms with Crippen molar-refractivity contribution in [1.29, 1.82) is 0 Å². The molecule has 0 nitrogen and oxygen atoms in total. The van der Waals surface area contributed by atoms with Crippen molar-refractivity contribution in [3.8, 4) is 0 Å². The Morgan fingerprint density at radius 2 is 1.69 bits per heavy atom. The molecular weight excluding hydrogens is 217 g/mol. The summed E-state index contributed by atoms with van der Waals surface area (Å²) < 4.78 is 1.09. The Bertz CT molecular complexity index is 284. The second kappa shape index (κ2) is 3.16. The predicted octanol–water partition coefficient (Wildman–Crippen LogP) is 3.88. The Kier molecular flexibility index (Phi) is 2.27. The maximum absolute atomic E-state index is 2.54. The van der Waals surface area contributed by atoms with Crippen LogP contribution in [0.25, 0.3) is 0 Å². The van der Waals surface area contributed by atoms with Crippen molar-refractivity contribution < 1.29 is 0 Å². The predicted molar refractivity (Wildman–Crippen MR) is 60.9 cm³/mol. The molecule has 1 saturated carbocycles. The normalized spacial score (nSPS) is 27.3. The minimum absolute atomic E-state index is 0.918. The number of rotatable bonds is 2. The van der Waals surface area contributed by atoms with Gasteiger partial charge >= 0.3 is 83.5 Å². The van der Waals surface area contributed by atoms with Crippen molar-refractivity contribution in [1.82, 2.24) is 0 Å². The van der Waals surface area contributed by atoms with Crippen LogP contribution in [0.3, 0.4) is 0 Å². The van der Waals surface area contributed by atoms with Crippen LogP contribution in [-0.2, 0) is 0 Å². The molecule has 1 fully saturated rings. The number of hydrogen-bond acceptors (Lipinski definition) is 0. The van der Waals surface area contributed by atoms with Crippen LogP contribution >= 0.6 is 0 Å². The van der Waals surface area contributed by atoms with Crippen LogP contribution in [0.15, 0.2) is 30.3 Å². The van der Waals surface area contributed by atoms with Crippen molar-refractivity contribution in [2.45, 2.75) is 34.4 Å². The first-order chi connectivity index (χ1) is 6.09. The van der Waals surface area contributed by atoms with E-state index < -0.39 is 13.3 Å². The first-order valence-corrected chi connectivity index (χ1v) is 12.6. The van der Waals surface area contributed by atoms with E-state index in [1.807, 2.05) is 0 Å². The van der Waals surface area contributed by atoms with Crippen LogP contribution in [0.4, 0.5) is 0 Å². The minimum atomic E-state index is -1.34. The molecule has 0 heterocycles. The second-order valence-electron chi connectivity index (χ2n) is 5.23. The molecule has 0 N–H and O–H groups in total. The molecule has 1 heteroatoms. The van der Waals surface area contributed by atoms with E-state index in [0.29, 0.717) is 0 Å². The summed E-state index contributed by atoms with van der Waals surface area (Å²) >= 11 is -1.34. The van der Waals surface area contributed by atoms with E-state index in [2.05, 4.69) is 47.6 Å². The summed E-state index contributed by atoms with van der Waals surface area (Å²) in [6.45, 7) is 0. The Hall–Kier alpha value is -0.237. The van der Waals surface area contributed by atoms with E-state index in [4.69, 9.17) is 0 Å². The molecule has 0 spiro atoms. The third kappa shape index (κ3) is 1.99. The van der Waals surface area contributed by atoms with Gasteiger partial charge in [0.2, 0.25) is 0 Å². The Morgan fingerprint density at radius 3 is 2.15 bits per heavy atom. The molecule has 2 rings (SSSR count). The van der Waals surface area contributed by atoms with E-state index in [9.17, 15) is 0 Å². The molecular formula is C12H18Ge. The topological polar surface area (TPSA) is 0 Å². The molecule has 0 radical (unpaired) electrons. The van der Waals surface area contributed by atoms with Gasteiger partial charge in [0.15, 0.2) is 0 Å². The van der Waals surface area contributed by atoms with Crippen molar-refractivity contribution in [2.75, 3.05) is 0 Å². The van der Waals surface area contributed by atoms with Crippen molar-refractivity contribution in [3.05, 3.63) is 35.9 Å². The molecule has 0 aromatic heterocycles. The van der Waals surface area contributed by atoms with Gasteiger partial charge < -0.3 is 0 Å². The quantitative estimate of drug-likeness (QED) is 0.682. The van der Waals surface area contributed by atoms with E-state index in [-0.39, 0.29) is 0 Å². The molecule has 1 aliphatic rings. The van der Waals surface area contributed by atoms with Crippen molar-refractivity contribution in [2.24, 2.45) is 0 Å². The van der Waals surface area contributed by atoms with Gasteiger partial charge in [-0.15, -0.1) is 0 Å². The van der Waals surface area contributed by atoms with Gasteiger partial charge in [-0.1, -0.05) is 0 Å². The van der Waals surface area contributed by atoms with Crippen LogP contribution in [0.1, 0.15) is 17.9 Å². The number of benzene rings is 1. The third-order valence-electron chi connectivity index (χ3n) is 3.13. The Balaban J connectivity index is 2.09. The first-order valence-electron chi connectivity index (χ1n) is 5.14. The zero-order chi connectivity index (χ0) is 9.47. The zero-order valence-electron chi connectivity index (χ0n) is 8.75. The van der Waals surface area contributed by atoms with Gasteiger partial charge in [0, 0.05) is 0 Å². The SMILES string of the molecule is [CH3][Ge]([CH3])([CH3])[C@@H]1C[C@H]1c1ccccc1. The molecule has 0 aliphatic heterocycles. The molecule has 0 amide bonds. The van der Waals surface area contributed by atoms with Gasteiger partial charge in [0.05, 0.1) is 0 Å². The zero-order valence-corrected chi connectivity index (χ0v) is 10.8. The summed E-state index contributed by atoms with van der Waals surface area (Å²) in [6, 6.07) is 11.0. The molecule has 0 saturated heterocycles. The van der Waals surface area contributed by atoms with Crippen LogP contribution in [0.2, 0.25) is 22.0 Å². The fraction of sp³-hybridized carbons (Fsp3) is 0.500. The molecule has 70 valence electrons. The second-order valence-corrected chi connectivity index (χ2v) is 16.7. The average molecular weight is 235 g/mol. The fourth-order valence-electron chi connectivity index (χ4n) is 2.22. The summed E-state index contributed by atoms with van der Waals surface area (Å²) in [6.07, 6.45) is 1.47. The van der Waals surface area contributed by atoms with Gasteiger partial charge in [-0.05, 0) is 0 Å². The summed E-state index contributed by atoms with van der Waals surface area (Å²) in [4.78, 5) is 0. The van der Waals surface area contributed by atoms with E-state index in [1.165, 1.54) is 6.42 Å². The van der Waals surface area contributed by atoms with E-state index >= 15 is 0 Å². The molecule has 1 aromatic rings. The van der Waals surface area contributed by atoms with Crippen LogP contribution < -0.4 is 0 Å². The molecule has 1 aliphatic carbocycles. The standard InChI is InChI=1S/C12H18Ge/c1-13(2,3)12-9-11(12)10-7-5-4-6-8-10/h4-8,11-12H,9H2,1-3H3/t11-,12+/m0/s1. The van der Waals surface area contributed by atoms with Crippen LogP contribution in [0.5, 0.6) is 0 Å². The van der Waals surface area contributed by atoms with Gasteiger partial charge in [-0.2, -0.15) is 0 Å². The molecule has 1 aromatic carbocycles. The van der Waals surface area contributed by atoms with Gasteiger partial charge in [0.25, 0.3) is 0 Å². The Labute approximate surface area is 83.7 Å². The van der Waals surface area contributed by atoms with Crippen molar-refractivity contribution >= 4 is 13.3 Å². The van der Waals surface area contributed by atoms with Crippen LogP contribution in [-0.4, -0.2) is 13.3 Å². The Morgan fingerprint density at radius 1 is 1.08 bits per heavy atom. The van der Waals surface area contributed by atoms with Crippen LogP contribution in [0, 0.1) is 0 Å². The summed E-state index contributed by atoms with van der Waals surface area (Å²) in [7, 11) is 0. The van der Waals surface area contributed by atoms with Gasteiger partial charge in [-0.25, -0.2) is 0 Å². The first kappa shape index (κ1) is 9.32. The third-order valence-corrected chi connectivity index (χ3v) is 9.14. The van der Waals surface area contributed by atoms with Crippen molar-refractivity contribution in [3.63, 3.8) is 0 Å². The van der Waals surface area contributed by atoms with E-state index in [0.717, 1.165) is 10.7 Å². The fourth-order valence-corrected chi connectivity index (χ4v) is 7.17. The van der Waals surface area contributed by atoms with E-state index in [1.54, 1.807) is 5.56 Å². The monoisotopic (exact) mass is 236 g/mol.